The number of unbranched alkanes of at least 4 members (excludes halogenated alkanes) is 1. The lowest BCUT2D eigenvalue weighted by Crippen LogP contribution is -2.05. The van der Waals surface area contributed by atoms with Gasteiger partial charge in [-0.3, -0.25) is 0 Å². The lowest BCUT2D eigenvalue weighted by atomic mass is 10.2. The molecule has 0 fully saturated rings. The van der Waals surface area contributed by atoms with Crippen molar-refractivity contribution >= 4 is 0 Å². The summed E-state index contributed by atoms with van der Waals surface area (Å²) < 4.78 is 7.43. The molecule has 0 aliphatic rings. The van der Waals surface area contributed by atoms with Crippen LogP contribution in [-0.4, -0.2) is 4.57 Å². The summed E-state index contributed by atoms with van der Waals surface area (Å²) in [6, 6.07) is 9.98. The van der Waals surface area contributed by atoms with Crippen molar-refractivity contribution in [3.05, 3.63) is 47.7 Å². The van der Waals surface area contributed by atoms with Gasteiger partial charge in [-0.15, -0.1) is 0 Å². The fourth-order valence-electron chi connectivity index (χ4n) is 1.93. The zero-order valence-corrected chi connectivity index (χ0v) is 10.0. The Kier molecular flexibility index (Phi) is 3.66. The summed E-state index contributed by atoms with van der Waals surface area (Å²) in [5, 5.41) is 9.06. The van der Waals surface area contributed by atoms with Crippen LogP contribution in [0.5, 0.6) is 0 Å². The van der Waals surface area contributed by atoms with E-state index in [-0.39, 0.29) is 0 Å². The molecule has 0 bridgehead atoms. The van der Waals surface area contributed by atoms with E-state index in [9.17, 15) is 0 Å². The van der Waals surface area contributed by atoms with Crippen LogP contribution in [0.3, 0.4) is 0 Å². The van der Waals surface area contributed by atoms with Gasteiger partial charge in [-0.2, -0.15) is 5.26 Å². The Labute approximate surface area is 101 Å². The van der Waals surface area contributed by atoms with Crippen molar-refractivity contribution in [1.82, 2.24) is 4.57 Å². The summed E-state index contributed by atoms with van der Waals surface area (Å²) in [6.45, 7) is 3.06. The molecule has 0 aromatic carbocycles. The van der Waals surface area contributed by atoms with E-state index in [1.165, 1.54) is 0 Å². The number of hydrogen-bond donors (Lipinski definition) is 0. The first-order chi connectivity index (χ1) is 8.35. The second-order valence-electron chi connectivity index (χ2n) is 4.08. The van der Waals surface area contributed by atoms with Crippen LogP contribution in [0.4, 0.5) is 0 Å². The number of furan rings is 1. The highest BCUT2D eigenvalue weighted by molar-refractivity contribution is 5.29. The number of nitriles is 1. The van der Waals surface area contributed by atoms with Crippen LogP contribution in [0, 0.1) is 11.3 Å². The molecule has 88 valence electrons. The molecule has 0 spiro atoms. The Morgan fingerprint density at radius 2 is 2.24 bits per heavy atom. The van der Waals surface area contributed by atoms with Crippen molar-refractivity contribution in [2.45, 2.75) is 32.7 Å². The molecule has 0 saturated heterocycles. The van der Waals surface area contributed by atoms with Crippen molar-refractivity contribution in [3.63, 3.8) is 0 Å². The molecule has 2 aromatic heterocycles. The first-order valence-corrected chi connectivity index (χ1v) is 5.96. The second-order valence-corrected chi connectivity index (χ2v) is 4.08. The quantitative estimate of drug-likeness (QED) is 0.787. The fourth-order valence-corrected chi connectivity index (χ4v) is 1.93. The Morgan fingerprint density at radius 1 is 1.35 bits per heavy atom. The summed E-state index contributed by atoms with van der Waals surface area (Å²) >= 11 is 0. The van der Waals surface area contributed by atoms with E-state index in [2.05, 4.69) is 17.6 Å². The van der Waals surface area contributed by atoms with E-state index in [1.54, 1.807) is 6.26 Å². The van der Waals surface area contributed by atoms with Gasteiger partial charge in [0.2, 0.25) is 0 Å². The summed E-state index contributed by atoms with van der Waals surface area (Å²) in [5.74, 6) is 0.935. The predicted molar refractivity (Wildman–Crippen MR) is 65.6 cm³/mol. The van der Waals surface area contributed by atoms with E-state index in [0.29, 0.717) is 0 Å². The van der Waals surface area contributed by atoms with Gasteiger partial charge in [0.15, 0.2) is 0 Å². The number of rotatable bonds is 5. The van der Waals surface area contributed by atoms with E-state index < -0.39 is 0 Å². The molecule has 0 unspecified atom stereocenters. The third-order valence-electron chi connectivity index (χ3n) is 2.86. The van der Waals surface area contributed by atoms with Gasteiger partial charge in [0, 0.05) is 18.7 Å². The van der Waals surface area contributed by atoms with Crippen LogP contribution in [0.1, 0.15) is 36.9 Å². The van der Waals surface area contributed by atoms with Gasteiger partial charge >= 0.3 is 0 Å². The third kappa shape index (κ3) is 2.59. The van der Waals surface area contributed by atoms with E-state index in [0.717, 1.165) is 43.0 Å². The zero-order valence-electron chi connectivity index (χ0n) is 10.0. The van der Waals surface area contributed by atoms with E-state index >= 15 is 0 Å². The minimum atomic E-state index is 0.736. The SMILES string of the molecule is CCCCn1c(C#N)ccc1Cc1ccco1. The van der Waals surface area contributed by atoms with Gasteiger partial charge in [0.25, 0.3) is 0 Å². The maximum Gasteiger partial charge on any atom is 0.120 e. The average Bonchev–Trinajstić information content (AvgIpc) is 2.97. The highest BCUT2D eigenvalue weighted by Gasteiger charge is 2.09. The monoisotopic (exact) mass is 228 g/mol. The predicted octanol–water partition coefficient (Wildman–Crippen LogP) is 3.34. The summed E-state index contributed by atoms with van der Waals surface area (Å²) in [4.78, 5) is 0. The van der Waals surface area contributed by atoms with Crippen molar-refractivity contribution in [3.8, 4) is 6.07 Å². The van der Waals surface area contributed by atoms with Crippen LogP contribution >= 0.6 is 0 Å². The van der Waals surface area contributed by atoms with Gasteiger partial charge in [0.1, 0.15) is 17.5 Å². The first kappa shape index (κ1) is 11.5. The number of hydrogen-bond acceptors (Lipinski definition) is 2. The van der Waals surface area contributed by atoms with Crippen LogP contribution in [-0.2, 0) is 13.0 Å². The Bertz CT molecular complexity index is 503. The van der Waals surface area contributed by atoms with Gasteiger partial charge < -0.3 is 8.98 Å². The molecule has 0 amide bonds. The largest absolute Gasteiger partial charge is 0.469 e. The highest BCUT2D eigenvalue weighted by atomic mass is 16.3. The summed E-state index contributed by atoms with van der Waals surface area (Å²) in [5.41, 5.74) is 1.88. The third-order valence-corrected chi connectivity index (χ3v) is 2.86. The standard InChI is InChI=1S/C14H16N2O/c1-2-3-8-16-12(6-7-13(16)11-15)10-14-5-4-9-17-14/h4-7,9H,2-3,8,10H2,1H3. The van der Waals surface area contributed by atoms with Crippen molar-refractivity contribution in [2.24, 2.45) is 0 Å². The minimum absolute atomic E-state index is 0.736. The normalized spacial score (nSPS) is 10.4. The molecule has 2 aromatic rings. The van der Waals surface area contributed by atoms with E-state index in [1.807, 2.05) is 24.3 Å². The Morgan fingerprint density at radius 3 is 2.88 bits per heavy atom. The Balaban J connectivity index is 2.21. The van der Waals surface area contributed by atoms with Gasteiger partial charge in [0.05, 0.1) is 6.26 Å². The second kappa shape index (κ2) is 5.40. The van der Waals surface area contributed by atoms with Crippen LogP contribution in [0.25, 0.3) is 0 Å². The maximum absolute atomic E-state index is 9.06. The molecular weight excluding hydrogens is 212 g/mol. The summed E-state index contributed by atoms with van der Waals surface area (Å²) in [7, 11) is 0. The minimum Gasteiger partial charge on any atom is -0.469 e. The molecular formula is C14H16N2O. The smallest absolute Gasteiger partial charge is 0.120 e. The van der Waals surface area contributed by atoms with Gasteiger partial charge in [-0.05, 0) is 30.7 Å². The van der Waals surface area contributed by atoms with E-state index in [4.69, 9.17) is 9.68 Å². The zero-order chi connectivity index (χ0) is 12.1. The van der Waals surface area contributed by atoms with Crippen LogP contribution in [0.2, 0.25) is 0 Å². The first-order valence-electron chi connectivity index (χ1n) is 5.96. The molecule has 0 atom stereocenters. The van der Waals surface area contributed by atoms with Gasteiger partial charge in [-0.1, -0.05) is 13.3 Å². The van der Waals surface area contributed by atoms with Crippen molar-refractivity contribution in [1.29, 1.82) is 5.26 Å². The van der Waals surface area contributed by atoms with Crippen molar-refractivity contribution < 1.29 is 4.42 Å². The Hall–Kier alpha value is -1.95. The van der Waals surface area contributed by atoms with Crippen LogP contribution in [0.15, 0.2) is 34.9 Å². The molecule has 3 nitrogen and oxygen atoms in total. The van der Waals surface area contributed by atoms with Gasteiger partial charge in [-0.25, -0.2) is 0 Å². The molecule has 2 heterocycles. The lowest BCUT2D eigenvalue weighted by Gasteiger charge is -2.08. The number of nitrogens with zero attached hydrogens (tertiary/aromatic N) is 2. The molecule has 2 rings (SSSR count). The molecule has 3 heteroatoms. The fraction of sp³-hybridized carbons (Fsp3) is 0.357. The van der Waals surface area contributed by atoms with Crippen molar-refractivity contribution in [2.75, 3.05) is 0 Å². The topological polar surface area (TPSA) is 41.9 Å². The molecule has 0 saturated carbocycles. The molecule has 17 heavy (non-hydrogen) atoms. The van der Waals surface area contributed by atoms with Crippen LogP contribution < -0.4 is 0 Å². The average molecular weight is 228 g/mol. The molecule has 0 aliphatic carbocycles. The molecule has 0 radical (unpaired) electrons. The number of aromatic nitrogens is 1. The molecule has 0 aliphatic heterocycles. The lowest BCUT2D eigenvalue weighted by molar-refractivity contribution is 0.511. The highest BCUT2D eigenvalue weighted by Crippen LogP contribution is 2.15. The molecule has 0 N–H and O–H groups in total. The maximum atomic E-state index is 9.06. The summed E-state index contributed by atoms with van der Waals surface area (Å²) in [6.07, 6.45) is 4.65.